The number of pyridine rings is 1. The highest BCUT2D eigenvalue weighted by Crippen LogP contribution is 2.19. The van der Waals surface area contributed by atoms with Gasteiger partial charge in [0.15, 0.2) is 0 Å². The predicted molar refractivity (Wildman–Crippen MR) is 87.0 cm³/mol. The molecule has 0 radical (unpaired) electrons. The van der Waals surface area contributed by atoms with Gasteiger partial charge in [-0.2, -0.15) is 0 Å². The average molecular weight is 309 g/mol. The molecule has 2 aromatic rings. The molecule has 0 aliphatic heterocycles. The van der Waals surface area contributed by atoms with Crippen molar-refractivity contribution < 1.29 is 9.59 Å². The lowest BCUT2D eigenvalue weighted by atomic mass is 10.1. The molecule has 1 unspecified atom stereocenters. The molecule has 1 atom stereocenters. The zero-order valence-electron chi connectivity index (χ0n) is 13.0. The second kappa shape index (κ2) is 6.60. The predicted octanol–water partition coefficient (Wildman–Crippen LogP) is 2.46. The van der Waals surface area contributed by atoms with Gasteiger partial charge in [-0.05, 0) is 37.5 Å². The molecular weight excluding hydrogens is 290 g/mol. The fourth-order valence-electron chi connectivity index (χ4n) is 2.29. The van der Waals surface area contributed by atoms with Crippen molar-refractivity contribution in [2.75, 3.05) is 0 Å². The summed E-state index contributed by atoms with van der Waals surface area (Å²) in [6.45, 7) is 1.91. The Morgan fingerprint density at radius 3 is 2.57 bits per heavy atom. The normalized spacial score (nSPS) is 14.8. The Labute approximate surface area is 135 Å². The Morgan fingerprint density at radius 2 is 1.87 bits per heavy atom. The first-order valence-corrected chi connectivity index (χ1v) is 7.76. The van der Waals surface area contributed by atoms with Crippen molar-refractivity contribution in [1.29, 1.82) is 0 Å². The van der Waals surface area contributed by atoms with Crippen molar-refractivity contribution in [3.05, 3.63) is 65.5 Å². The van der Waals surface area contributed by atoms with E-state index < -0.39 is 0 Å². The van der Waals surface area contributed by atoms with Crippen LogP contribution in [0.5, 0.6) is 0 Å². The summed E-state index contributed by atoms with van der Waals surface area (Å²) in [7, 11) is 0. The van der Waals surface area contributed by atoms with E-state index in [1.807, 2.05) is 37.3 Å². The van der Waals surface area contributed by atoms with Crippen LogP contribution in [0.1, 0.15) is 52.2 Å². The van der Waals surface area contributed by atoms with Crippen LogP contribution < -0.4 is 10.6 Å². The third kappa shape index (κ3) is 3.94. The smallest absolute Gasteiger partial charge is 0.270 e. The molecule has 1 aliphatic rings. The molecule has 5 heteroatoms. The van der Waals surface area contributed by atoms with E-state index in [-0.39, 0.29) is 29.6 Å². The highest BCUT2D eigenvalue weighted by Gasteiger charge is 2.24. The number of rotatable bonds is 5. The second-order valence-corrected chi connectivity index (χ2v) is 5.78. The van der Waals surface area contributed by atoms with E-state index in [4.69, 9.17) is 0 Å². The minimum absolute atomic E-state index is 0.130. The largest absolute Gasteiger partial charge is 0.349 e. The molecule has 1 saturated carbocycles. The van der Waals surface area contributed by atoms with Gasteiger partial charge < -0.3 is 10.6 Å². The van der Waals surface area contributed by atoms with Crippen LogP contribution in [0.15, 0.2) is 48.7 Å². The van der Waals surface area contributed by atoms with Gasteiger partial charge in [-0.15, -0.1) is 0 Å². The number of hydrogen-bond acceptors (Lipinski definition) is 3. The maximum Gasteiger partial charge on any atom is 0.270 e. The van der Waals surface area contributed by atoms with Crippen molar-refractivity contribution in [1.82, 2.24) is 15.6 Å². The molecule has 0 bridgehead atoms. The summed E-state index contributed by atoms with van der Waals surface area (Å²) in [6, 6.07) is 13.0. The summed E-state index contributed by atoms with van der Waals surface area (Å²) in [6.07, 6.45) is 3.54. The summed E-state index contributed by atoms with van der Waals surface area (Å²) in [4.78, 5) is 28.4. The maximum absolute atomic E-state index is 12.3. The minimum Gasteiger partial charge on any atom is -0.349 e. The molecule has 23 heavy (non-hydrogen) atoms. The quantitative estimate of drug-likeness (QED) is 0.891. The molecule has 1 aromatic carbocycles. The summed E-state index contributed by atoms with van der Waals surface area (Å²) in [5.41, 5.74) is 1.73. The Bertz CT molecular complexity index is 711. The van der Waals surface area contributed by atoms with E-state index in [0.29, 0.717) is 5.56 Å². The molecule has 5 nitrogen and oxygen atoms in total. The van der Waals surface area contributed by atoms with Crippen LogP contribution in [0, 0.1) is 0 Å². The van der Waals surface area contributed by atoms with E-state index in [2.05, 4.69) is 15.6 Å². The van der Waals surface area contributed by atoms with Crippen LogP contribution in [0.3, 0.4) is 0 Å². The molecule has 1 aromatic heterocycles. The third-order valence-electron chi connectivity index (χ3n) is 3.81. The Morgan fingerprint density at radius 1 is 1.13 bits per heavy atom. The van der Waals surface area contributed by atoms with Crippen LogP contribution in [-0.4, -0.2) is 22.8 Å². The molecule has 1 fully saturated rings. The summed E-state index contributed by atoms with van der Waals surface area (Å²) in [5, 5.41) is 5.80. The summed E-state index contributed by atoms with van der Waals surface area (Å²) in [5.74, 6) is -0.442. The first-order chi connectivity index (χ1) is 11.1. The standard InChI is InChI=1S/C18H19N3O2/c1-12(13-5-3-2-4-6-13)20-18(23)16-11-14(9-10-19-16)17(22)21-15-7-8-15/h2-6,9-12,15H,7-8H2,1H3,(H,20,23)(H,21,22). The van der Waals surface area contributed by atoms with E-state index in [1.165, 1.54) is 12.3 Å². The van der Waals surface area contributed by atoms with Crippen molar-refractivity contribution >= 4 is 11.8 Å². The van der Waals surface area contributed by atoms with E-state index in [1.54, 1.807) is 6.07 Å². The van der Waals surface area contributed by atoms with Gasteiger partial charge in [0.05, 0.1) is 6.04 Å². The lowest BCUT2D eigenvalue weighted by Crippen LogP contribution is -2.29. The highest BCUT2D eigenvalue weighted by atomic mass is 16.2. The topological polar surface area (TPSA) is 71.1 Å². The van der Waals surface area contributed by atoms with Gasteiger partial charge in [-0.25, -0.2) is 0 Å². The van der Waals surface area contributed by atoms with Crippen molar-refractivity contribution in [3.63, 3.8) is 0 Å². The average Bonchev–Trinajstić information content (AvgIpc) is 3.39. The zero-order valence-corrected chi connectivity index (χ0v) is 13.0. The molecule has 0 saturated heterocycles. The summed E-state index contributed by atoms with van der Waals surface area (Å²) < 4.78 is 0. The SMILES string of the molecule is CC(NC(=O)c1cc(C(=O)NC2CC2)ccn1)c1ccccc1. The molecule has 118 valence electrons. The van der Waals surface area contributed by atoms with Gasteiger partial charge >= 0.3 is 0 Å². The number of nitrogens with one attached hydrogen (secondary N) is 2. The van der Waals surface area contributed by atoms with Gasteiger partial charge in [0.2, 0.25) is 0 Å². The van der Waals surface area contributed by atoms with Gasteiger partial charge in [0, 0.05) is 17.8 Å². The van der Waals surface area contributed by atoms with Crippen molar-refractivity contribution in [2.45, 2.75) is 31.8 Å². The summed E-state index contributed by atoms with van der Waals surface area (Å²) >= 11 is 0. The molecule has 1 aliphatic carbocycles. The molecule has 2 N–H and O–H groups in total. The number of nitrogens with zero attached hydrogens (tertiary/aromatic N) is 1. The van der Waals surface area contributed by atoms with E-state index >= 15 is 0 Å². The van der Waals surface area contributed by atoms with Gasteiger partial charge in [0.25, 0.3) is 11.8 Å². The van der Waals surface area contributed by atoms with Gasteiger partial charge in [-0.1, -0.05) is 30.3 Å². The Hall–Kier alpha value is -2.69. The first kappa shape index (κ1) is 15.2. The van der Waals surface area contributed by atoms with Crippen LogP contribution in [0.4, 0.5) is 0 Å². The lowest BCUT2D eigenvalue weighted by Gasteiger charge is -2.14. The van der Waals surface area contributed by atoms with Crippen LogP contribution in [0.2, 0.25) is 0 Å². The molecular formula is C18H19N3O2. The monoisotopic (exact) mass is 309 g/mol. The molecule has 1 heterocycles. The fraction of sp³-hybridized carbons (Fsp3) is 0.278. The van der Waals surface area contributed by atoms with Crippen molar-refractivity contribution in [3.8, 4) is 0 Å². The first-order valence-electron chi connectivity index (χ1n) is 7.76. The number of aromatic nitrogens is 1. The fourth-order valence-corrected chi connectivity index (χ4v) is 2.29. The van der Waals surface area contributed by atoms with Gasteiger partial charge in [-0.3, -0.25) is 14.6 Å². The maximum atomic E-state index is 12.3. The van der Waals surface area contributed by atoms with E-state index in [0.717, 1.165) is 18.4 Å². The number of carbonyl (C=O) groups excluding carboxylic acids is 2. The molecule has 0 spiro atoms. The highest BCUT2D eigenvalue weighted by molar-refractivity contribution is 5.98. The molecule has 2 amide bonds. The Kier molecular flexibility index (Phi) is 4.37. The minimum atomic E-state index is -0.289. The third-order valence-corrected chi connectivity index (χ3v) is 3.81. The van der Waals surface area contributed by atoms with E-state index in [9.17, 15) is 9.59 Å². The lowest BCUT2D eigenvalue weighted by molar-refractivity contribution is 0.0935. The number of hydrogen-bond donors (Lipinski definition) is 2. The van der Waals surface area contributed by atoms with Crippen molar-refractivity contribution in [2.24, 2.45) is 0 Å². The second-order valence-electron chi connectivity index (χ2n) is 5.78. The Balaban J connectivity index is 1.68. The van der Waals surface area contributed by atoms with Crippen LogP contribution >= 0.6 is 0 Å². The molecule has 3 rings (SSSR count). The number of carbonyl (C=O) groups is 2. The van der Waals surface area contributed by atoms with Crippen LogP contribution in [-0.2, 0) is 0 Å². The number of amides is 2. The van der Waals surface area contributed by atoms with Crippen LogP contribution in [0.25, 0.3) is 0 Å². The van der Waals surface area contributed by atoms with Gasteiger partial charge in [0.1, 0.15) is 5.69 Å². The zero-order chi connectivity index (χ0) is 16.2. The number of benzene rings is 1.